The maximum absolute atomic E-state index is 5.46. The van der Waals surface area contributed by atoms with Gasteiger partial charge in [-0.1, -0.05) is 13.5 Å². The highest BCUT2D eigenvalue weighted by Crippen LogP contribution is 2.33. The van der Waals surface area contributed by atoms with Gasteiger partial charge in [0.05, 0.1) is 24.6 Å². The Bertz CT molecular complexity index is 795. The predicted octanol–water partition coefficient (Wildman–Crippen LogP) is 2.88. The lowest BCUT2D eigenvalue weighted by molar-refractivity contribution is 0.0140. The van der Waals surface area contributed by atoms with Crippen LogP contribution in [0.5, 0.6) is 0 Å². The van der Waals surface area contributed by atoms with Crippen molar-refractivity contribution in [3.8, 4) is 0 Å². The van der Waals surface area contributed by atoms with E-state index < -0.39 is 0 Å². The van der Waals surface area contributed by atoms with Crippen LogP contribution in [0, 0.1) is 5.92 Å². The molecule has 5 nitrogen and oxygen atoms in total. The second kappa shape index (κ2) is 8.09. The fourth-order valence-corrected chi connectivity index (χ4v) is 4.78. The number of ether oxygens (including phenoxy) is 1. The van der Waals surface area contributed by atoms with Gasteiger partial charge in [0.25, 0.3) is 0 Å². The summed E-state index contributed by atoms with van der Waals surface area (Å²) in [5.41, 5.74) is 4.35. The van der Waals surface area contributed by atoms with Crippen LogP contribution in [0.4, 0.5) is 0 Å². The Morgan fingerprint density at radius 1 is 1.30 bits per heavy atom. The SMILES string of the molecule is C=C1C=C(c2ncc(CC)s2)C=C(N2CC(CN3CCOCC3)C2)C1=NC. The summed E-state index contributed by atoms with van der Waals surface area (Å²) in [4.78, 5) is 15.4. The molecule has 144 valence electrons. The Kier molecular flexibility index (Phi) is 5.57. The second-order valence-electron chi connectivity index (χ2n) is 7.40. The third-order valence-electron chi connectivity index (χ3n) is 5.46. The molecule has 1 aromatic rings. The molecule has 2 fully saturated rings. The molecule has 0 bridgehead atoms. The van der Waals surface area contributed by atoms with Crippen LogP contribution in [-0.2, 0) is 11.2 Å². The molecule has 6 heteroatoms. The minimum atomic E-state index is 0.719. The van der Waals surface area contributed by atoms with E-state index in [1.54, 1.807) is 11.3 Å². The van der Waals surface area contributed by atoms with Gasteiger partial charge < -0.3 is 9.64 Å². The van der Waals surface area contributed by atoms with Gasteiger partial charge in [-0.05, 0) is 24.1 Å². The zero-order valence-electron chi connectivity index (χ0n) is 16.3. The van der Waals surface area contributed by atoms with E-state index in [9.17, 15) is 0 Å². The summed E-state index contributed by atoms with van der Waals surface area (Å²) in [7, 11) is 1.86. The Labute approximate surface area is 165 Å². The summed E-state index contributed by atoms with van der Waals surface area (Å²) < 4.78 is 5.46. The van der Waals surface area contributed by atoms with Gasteiger partial charge in [-0.15, -0.1) is 11.3 Å². The number of hydrogen-bond acceptors (Lipinski definition) is 6. The molecule has 1 aliphatic carbocycles. The highest BCUT2D eigenvalue weighted by Gasteiger charge is 2.33. The zero-order valence-corrected chi connectivity index (χ0v) is 17.1. The molecule has 0 aromatic carbocycles. The molecular formula is C21H28N4OS. The normalized spacial score (nSPS) is 23.4. The number of aliphatic imine (C=N–C) groups is 1. The van der Waals surface area contributed by atoms with Crippen LogP contribution in [-0.4, -0.2) is 73.5 Å². The first-order valence-corrected chi connectivity index (χ1v) is 10.6. The Hall–Kier alpha value is -1.76. The van der Waals surface area contributed by atoms with Crippen molar-refractivity contribution in [1.82, 2.24) is 14.8 Å². The number of nitrogens with zero attached hydrogens (tertiary/aromatic N) is 4. The van der Waals surface area contributed by atoms with Crippen molar-refractivity contribution in [2.75, 3.05) is 53.0 Å². The van der Waals surface area contributed by atoms with Crippen LogP contribution in [0.1, 0.15) is 16.8 Å². The van der Waals surface area contributed by atoms with Gasteiger partial charge in [0.1, 0.15) is 5.01 Å². The van der Waals surface area contributed by atoms with Crippen molar-refractivity contribution < 1.29 is 4.74 Å². The molecule has 3 heterocycles. The summed E-state index contributed by atoms with van der Waals surface area (Å²) in [5.74, 6) is 0.719. The molecule has 27 heavy (non-hydrogen) atoms. The summed E-state index contributed by atoms with van der Waals surface area (Å²) in [6.07, 6.45) is 7.39. The van der Waals surface area contributed by atoms with Crippen LogP contribution in [0.25, 0.3) is 5.57 Å². The average molecular weight is 385 g/mol. The van der Waals surface area contributed by atoms with E-state index in [1.807, 2.05) is 13.2 Å². The molecule has 0 N–H and O–H groups in total. The van der Waals surface area contributed by atoms with Crippen LogP contribution in [0.2, 0.25) is 0 Å². The molecule has 1 aromatic heterocycles. The number of hydrogen-bond donors (Lipinski definition) is 0. The van der Waals surface area contributed by atoms with Gasteiger partial charge in [-0.2, -0.15) is 0 Å². The molecule has 0 amide bonds. The van der Waals surface area contributed by atoms with Crippen LogP contribution >= 0.6 is 11.3 Å². The minimum absolute atomic E-state index is 0.719. The standard InChI is InChI=1S/C21H28N4OS/c1-4-18-11-23-21(27-18)17-9-15(2)20(22-3)19(10-17)25-13-16(14-25)12-24-5-7-26-8-6-24/h9-11,16H,2,4-8,12-14H2,1,3H3. The molecule has 0 spiro atoms. The van der Waals surface area contributed by atoms with E-state index in [0.717, 1.165) is 73.6 Å². The largest absolute Gasteiger partial charge is 0.379 e. The Balaban J connectivity index is 1.46. The van der Waals surface area contributed by atoms with Crippen molar-refractivity contribution in [3.05, 3.63) is 46.1 Å². The van der Waals surface area contributed by atoms with Crippen molar-refractivity contribution in [2.45, 2.75) is 13.3 Å². The minimum Gasteiger partial charge on any atom is -0.379 e. The molecule has 0 unspecified atom stereocenters. The van der Waals surface area contributed by atoms with Gasteiger partial charge in [0.15, 0.2) is 0 Å². The number of aryl methyl sites for hydroxylation is 1. The lowest BCUT2D eigenvalue weighted by atomic mass is 9.92. The summed E-state index contributed by atoms with van der Waals surface area (Å²) in [5, 5.41) is 1.08. The molecule has 3 aliphatic rings. The van der Waals surface area contributed by atoms with Gasteiger partial charge in [-0.25, -0.2) is 4.98 Å². The first kappa shape index (κ1) is 18.6. The number of aromatic nitrogens is 1. The number of likely N-dealkylation sites (tertiary alicyclic amines) is 1. The van der Waals surface area contributed by atoms with Crippen LogP contribution in [0.3, 0.4) is 0 Å². The summed E-state index contributed by atoms with van der Waals surface area (Å²) >= 11 is 1.77. The van der Waals surface area contributed by atoms with Gasteiger partial charge in [0.2, 0.25) is 0 Å². The van der Waals surface area contributed by atoms with E-state index in [4.69, 9.17) is 4.74 Å². The van der Waals surface area contributed by atoms with Crippen LogP contribution in [0.15, 0.2) is 41.2 Å². The van der Waals surface area contributed by atoms with E-state index in [0.29, 0.717) is 0 Å². The Morgan fingerprint density at radius 3 is 2.74 bits per heavy atom. The first-order valence-electron chi connectivity index (χ1n) is 9.78. The zero-order chi connectivity index (χ0) is 18.8. The lowest BCUT2D eigenvalue weighted by Crippen LogP contribution is -2.53. The lowest BCUT2D eigenvalue weighted by Gasteiger charge is -2.45. The second-order valence-corrected chi connectivity index (χ2v) is 8.51. The molecule has 4 rings (SSSR count). The molecule has 0 atom stereocenters. The smallest absolute Gasteiger partial charge is 0.123 e. The number of morpholine rings is 1. The van der Waals surface area contributed by atoms with Crippen molar-refractivity contribution in [2.24, 2.45) is 10.9 Å². The third kappa shape index (κ3) is 3.93. The molecular weight excluding hydrogens is 356 g/mol. The average Bonchev–Trinajstić information content (AvgIpc) is 3.14. The monoisotopic (exact) mass is 384 g/mol. The molecule has 0 radical (unpaired) electrons. The number of allylic oxidation sites excluding steroid dienone is 4. The first-order chi connectivity index (χ1) is 13.2. The number of thiazole rings is 1. The molecule has 0 saturated carbocycles. The fourth-order valence-electron chi connectivity index (χ4n) is 3.94. The van der Waals surface area contributed by atoms with Crippen molar-refractivity contribution >= 4 is 22.6 Å². The third-order valence-corrected chi connectivity index (χ3v) is 6.65. The van der Waals surface area contributed by atoms with E-state index in [-0.39, 0.29) is 0 Å². The maximum atomic E-state index is 5.46. The fraction of sp³-hybridized carbons (Fsp3) is 0.524. The topological polar surface area (TPSA) is 41.0 Å². The van der Waals surface area contributed by atoms with Gasteiger partial charge in [-0.3, -0.25) is 9.89 Å². The van der Waals surface area contributed by atoms with Crippen LogP contribution < -0.4 is 0 Å². The van der Waals surface area contributed by atoms with E-state index in [1.165, 1.54) is 17.1 Å². The van der Waals surface area contributed by atoms with Crippen molar-refractivity contribution in [1.29, 1.82) is 0 Å². The quantitative estimate of drug-likeness (QED) is 0.783. The highest BCUT2D eigenvalue weighted by molar-refractivity contribution is 7.12. The summed E-state index contributed by atoms with van der Waals surface area (Å²) in [6.45, 7) is 13.6. The van der Waals surface area contributed by atoms with Crippen molar-refractivity contribution in [3.63, 3.8) is 0 Å². The van der Waals surface area contributed by atoms with E-state index in [2.05, 4.69) is 45.4 Å². The van der Waals surface area contributed by atoms with E-state index >= 15 is 0 Å². The van der Waals surface area contributed by atoms with Gasteiger partial charge >= 0.3 is 0 Å². The number of rotatable bonds is 5. The highest BCUT2D eigenvalue weighted by atomic mass is 32.1. The maximum Gasteiger partial charge on any atom is 0.123 e. The van der Waals surface area contributed by atoms with Gasteiger partial charge in [0, 0.05) is 62.3 Å². The predicted molar refractivity (Wildman–Crippen MR) is 112 cm³/mol. The molecule has 2 aliphatic heterocycles. The molecule has 2 saturated heterocycles. The summed E-state index contributed by atoms with van der Waals surface area (Å²) in [6, 6.07) is 0. The Morgan fingerprint density at radius 2 is 2.07 bits per heavy atom.